The van der Waals surface area contributed by atoms with E-state index in [0.29, 0.717) is 11.5 Å². The van der Waals surface area contributed by atoms with Crippen molar-refractivity contribution in [1.29, 1.82) is 0 Å². The first-order valence-corrected chi connectivity index (χ1v) is 9.78. The average Bonchev–Trinajstić information content (AvgIpc) is 3.14. The third-order valence-corrected chi connectivity index (χ3v) is 5.28. The number of rotatable bonds is 7. The number of aliphatic imine (C=N–C) groups is 1. The Morgan fingerprint density at radius 3 is 2.41 bits per heavy atom. The van der Waals surface area contributed by atoms with Gasteiger partial charge in [0.1, 0.15) is 17.3 Å². The lowest BCUT2D eigenvalue weighted by atomic mass is 10.2. The Bertz CT molecular complexity index is 1020. The molecular weight excluding hydrogens is 364 g/mol. The van der Waals surface area contributed by atoms with Crippen molar-refractivity contribution >= 4 is 21.9 Å². The van der Waals surface area contributed by atoms with E-state index in [0.717, 1.165) is 17.0 Å². The first-order valence-electron chi connectivity index (χ1n) is 8.29. The smallest absolute Gasteiger partial charge is 0.240 e. The molecule has 2 aromatic carbocycles. The third-order valence-electron chi connectivity index (χ3n) is 3.86. The molecule has 140 valence electrons. The van der Waals surface area contributed by atoms with E-state index in [9.17, 15) is 8.42 Å². The largest absolute Gasteiger partial charge is 0.497 e. The molecule has 0 aliphatic carbocycles. The van der Waals surface area contributed by atoms with Crippen LogP contribution in [0.15, 0.2) is 75.0 Å². The highest BCUT2D eigenvalue weighted by Gasteiger charge is 2.14. The number of ether oxygens (including phenoxy) is 1. The monoisotopic (exact) mass is 384 g/mol. The Labute approximate surface area is 158 Å². The van der Waals surface area contributed by atoms with Crippen molar-refractivity contribution in [2.24, 2.45) is 4.99 Å². The molecule has 0 saturated carbocycles. The Hall–Kier alpha value is -2.90. The minimum Gasteiger partial charge on any atom is -0.497 e. The van der Waals surface area contributed by atoms with Gasteiger partial charge in [-0.15, -0.1) is 0 Å². The number of methoxy groups -OCH3 is 1. The van der Waals surface area contributed by atoms with Crippen LogP contribution >= 0.6 is 0 Å². The van der Waals surface area contributed by atoms with Crippen LogP contribution in [0.4, 0.5) is 5.69 Å². The summed E-state index contributed by atoms with van der Waals surface area (Å²) in [6, 6.07) is 17.4. The molecule has 27 heavy (non-hydrogen) atoms. The molecular formula is C20H20N2O4S. The van der Waals surface area contributed by atoms with Crippen molar-refractivity contribution in [3.05, 3.63) is 77.7 Å². The number of sulfonamides is 1. The van der Waals surface area contributed by atoms with Crippen molar-refractivity contribution in [3.8, 4) is 5.75 Å². The molecule has 0 radical (unpaired) electrons. The Morgan fingerprint density at radius 2 is 1.74 bits per heavy atom. The molecule has 0 fully saturated rings. The second-order valence-electron chi connectivity index (χ2n) is 5.90. The number of hydrogen-bond acceptors (Lipinski definition) is 5. The van der Waals surface area contributed by atoms with Gasteiger partial charge in [-0.1, -0.05) is 17.7 Å². The molecule has 0 aliphatic rings. The molecule has 3 aromatic rings. The van der Waals surface area contributed by atoms with Crippen LogP contribution in [0.1, 0.15) is 17.1 Å². The zero-order valence-electron chi connectivity index (χ0n) is 15.0. The lowest BCUT2D eigenvalue weighted by Gasteiger charge is -2.05. The number of aryl methyl sites for hydroxylation is 1. The van der Waals surface area contributed by atoms with Crippen LogP contribution in [0.3, 0.4) is 0 Å². The maximum atomic E-state index is 12.3. The zero-order valence-corrected chi connectivity index (χ0v) is 15.9. The van der Waals surface area contributed by atoms with Gasteiger partial charge in [0, 0.05) is 0 Å². The molecule has 0 bridgehead atoms. The number of furan rings is 1. The van der Waals surface area contributed by atoms with Gasteiger partial charge in [0.15, 0.2) is 0 Å². The van der Waals surface area contributed by atoms with Crippen LogP contribution in [0.5, 0.6) is 5.75 Å². The van der Waals surface area contributed by atoms with Gasteiger partial charge in [0.25, 0.3) is 0 Å². The summed E-state index contributed by atoms with van der Waals surface area (Å²) in [4.78, 5) is 4.54. The predicted octanol–water partition coefficient (Wildman–Crippen LogP) is 3.83. The quantitative estimate of drug-likeness (QED) is 0.628. The van der Waals surface area contributed by atoms with Crippen LogP contribution in [0.2, 0.25) is 0 Å². The molecule has 1 aromatic heterocycles. The molecule has 0 atom stereocenters. The number of nitrogens with zero attached hydrogens (tertiary/aromatic N) is 1. The molecule has 7 heteroatoms. The lowest BCUT2D eigenvalue weighted by Crippen LogP contribution is -2.22. The molecule has 3 rings (SSSR count). The van der Waals surface area contributed by atoms with Crippen LogP contribution in [0, 0.1) is 6.92 Å². The molecule has 0 unspecified atom stereocenters. The second kappa shape index (κ2) is 8.20. The fourth-order valence-electron chi connectivity index (χ4n) is 2.33. The molecule has 0 amide bonds. The fraction of sp³-hybridized carbons (Fsp3) is 0.150. The van der Waals surface area contributed by atoms with Crippen LogP contribution in [-0.4, -0.2) is 21.7 Å². The molecule has 1 heterocycles. The first-order chi connectivity index (χ1) is 13.0. The summed E-state index contributed by atoms with van der Waals surface area (Å²) in [7, 11) is -1.98. The average molecular weight is 384 g/mol. The Kier molecular flexibility index (Phi) is 5.73. The predicted molar refractivity (Wildman–Crippen MR) is 104 cm³/mol. The van der Waals surface area contributed by atoms with Gasteiger partial charge in [0.2, 0.25) is 10.0 Å². The van der Waals surface area contributed by atoms with Crippen molar-refractivity contribution in [2.75, 3.05) is 7.11 Å². The molecule has 0 saturated heterocycles. The van der Waals surface area contributed by atoms with Crippen LogP contribution in [0.25, 0.3) is 0 Å². The van der Waals surface area contributed by atoms with Gasteiger partial charge in [-0.2, -0.15) is 0 Å². The first kappa shape index (κ1) is 18.9. The standard InChI is InChI=1S/C20H20N2O4S/c1-15-3-11-20(12-4-15)27(23,24)22-14-19-10-9-18(26-19)13-21-16-5-7-17(25-2)8-6-16/h3-13,22H,14H2,1-2H3. The molecule has 6 nitrogen and oxygen atoms in total. The van der Waals surface area contributed by atoms with E-state index in [1.54, 1.807) is 49.7 Å². The van der Waals surface area contributed by atoms with Gasteiger partial charge in [-0.3, -0.25) is 4.99 Å². The highest BCUT2D eigenvalue weighted by molar-refractivity contribution is 7.89. The van der Waals surface area contributed by atoms with E-state index in [2.05, 4.69) is 9.71 Å². The highest BCUT2D eigenvalue weighted by atomic mass is 32.2. The van der Waals surface area contributed by atoms with Crippen molar-refractivity contribution in [1.82, 2.24) is 4.72 Å². The maximum Gasteiger partial charge on any atom is 0.240 e. The summed E-state index contributed by atoms with van der Waals surface area (Å²) in [5.41, 5.74) is 1.76. The minimum atomic E-state index is -3.58. The minimum absolute atomic E-state index is 0.0621. The van der Waals surface area contributed by atoms with E-state index in [1.807, 2.05) is 31.2 Å². The third kappa shape index (κ3) is 5.06. The summed E-state index contributed by atoms with van der Waals surface area (Å²) < 4.78 is 37.8. The maximum absolute atomic E-state index is 12.3. The summed E-state index contributed by atoms with van der Waals surface area (Å²) in [5, 5.41) is 0. The van der Waals surface area contributed by atoms with Crippen molar-refractivity contribution < 1.29 is 17.6 Å². The number of nitrogens with one attached hydrogen (secondary N) is 1. The van der Waals surface area contributed by atoms with E-state index in [-0.39, 0.29) is 11.4 Å². The van der Waals surface area contributed by atoms with Crippen molar-refractivity contribution in [3.63, 3.8) is 0 Å². The zero-order chi connectivity index (χ0) is 19.3. The number of hydrogen-bond donors (Lipinski definition) is 1. The summed E-state index contributed by atoms with van der Waals surface area (Å²) in [6.45, 7) is 1.97. The van der Waals surface area contributed by atoms with E-state index in [4.69, 9.17) is 9.15 Å². The Morgan fingerprint density at radius 1 is 1.04 bits per heavy atom. The normalized spacial score (nSPS) is 11.8. The van der Waals surface area contributed by atoms with Gasteiger partial charge in [0.05, 0.1) is 30.5 Å². The van der Waals surface area contributed by atoms with Gasteiger partial charge in [-0.25, -0.2) is 13.1 Å². The van der Waals surface area contributed by atoms with Crippen LogP contribution < -0.4 is 9.46 Å². The SMILES string of the molecule is COc1ccc(N=Cc2ccc(CNS(=O)(=O)c3ccc(C)cc3)o2)cc1. The summed E-state index contributed by atoms with van der Waals surface area (Å²) >= 11 is 0. The lowest BCUT2D eigenvalue weighted by molar-refractivity contribution is 0.415. The highest BCUT2D eigenvalue weighted by Crippen LogP contribution is 2.18. The van der Waals surface area contributed by atoms with E-state index >= 15 is 0 Å². The van der Waals surface area contributed by atoms with E-state index < -0.39 is 10.0 Å². The van der Waals surface area contributed by atoms with Crippen LogP contribution in [-0.2, 0) is 16.6 Å². The molecule has 0 aliphatic heterocycles. The Balaban J connectivity index is 1.62. The second-order valence-corrected chi connectivity index (χ2v) is 7.66. The number of benzene rings is 2. The fourth-order valence-corrected chi connectivity index (χ4v) is 3.33. The van der Waals surface area contributed by atoms with Gasteiger partial charge in [-0.05, 0) is 55.5 Å². The topological polar surface area (TPSA) is 80.9 Å². The summed E-state index contributed by atoms with van der Waals surface area (Å²) in [5.74, 6) is 1.80. The molecule has 0 spiro atoms. The van der Waals surface area contributed by atoms with Gasteiger partial charge < -0.3 is 9.15 Å². The van der Waals surface area contributed by atoms with Crippen molar-refractivity contribution in [2.45, 2.75) is 18.4 Å². The molecule has 1 N–H and O–H groups in total. The van der Waals surface area contributed by atoms with E-state index in [1.165, 1.54) is 0 Å². The summed E-state index contributed by atoms with van der Waals surface area (Å²) in [6.07, 6.45) is 1.58. The van der Waals surface area contributed by atoms with Gasteiger partial charge >= 0.3 is 0 Å².